The minimum atomic E-state index is -0.743. The van der Waals surface area contributed by atoms with Gasteiger partial charge in [-0.25, -0.2) is 0 Å². The van der Waals surface area contributed by atoms with E-state index in [1.807, 2.05) is 44.2 Å². The maximum atomic E-state index is 10.4. The van der Waals surface area contributed by atoms with Gasteiger partial charge in [0.2, 0.25) is 0 Å². The number of aliphatic hydroxyl groups excluding tert-OH is 1. The number of aryl methyl sites for hydroxylation is 1. The Balaban J connectivity index is 0.00000106. The van der Waals surface area contributed by atoms with Crippen LogP contribution in [0.2, 0.25) is 0 Å². The lowest BCUT2D eigenvalue weighted by molar-refractivity contribution is 0.195. The smallest absolute Gasteiger partial charge is 0.283 e. The van der Waals surface area contributed by atoms with E-state index in [-0.39, 0.29) is 11.5 Å². The van der Waals surface area contributed by atoms with Crippen LogP contribution in [-0.2, 0) is 6.42 Å². The third-order valence-electron chi connectivity index (χ3n) is 5.75. The van der Waals surface area contributed by atoms with Crippen LogP contribution < -0.4 is 0 Å². The normalized spacial score (nSPS) is 13.4. The van der Waals surface area contributed by atoms with Crippen molar-refractivity contribution in [1.29, 1.82) is 0 Å². The number of hydrogen-bond acceptors (Lipinski definition) is 4. The number of aromatic hydroxyl groups is 2. The van der Waals surface area contributed by atoms with Crippen LogP contribution in [0.1, 0.15) is 41.7 Å². The fraction of sp³-hybridized carbons (Fsp3) is 0.154. The number of para-hydroxylation sites is 1. The van der Waals surface area contributed by atoms with Crippen LogP contribution in [0.5, 0.6) is 11.5 Å². The molecule has 0 saturated carbocycles. The first kappa shape index (κ1) is 19.6. The van der Waals surface area contributed by atoms with E-state index in [1.54, 1.807) is 12.1 Å². The standard InChI is InChI=1S/C24H18O4.C2H6/c1-12-5-2-6-14-17(12)11-18-15-8-3-7-13(16-9-4-10-19(25)23(16)26)20(15)22(21(14)18)24(27)28;1-2/h2-10,25-28H,11H2,1H3;1-2H3. The van der Waals surface area contributed by atoms with Gasteiger partial charge in [-0.15, -0.1) is 0 Å². The summed E-state index contributed by atoms with van der Waals surface area (Å²) >= 11 is 0. The fourth-order valence-corrected chi connectivity index (χ4v) is 4.51. The monoisotopic (exact) mass is 400 g/mol. The summed E-state index contributed by atoms with van der Waals surface area (Å²) in [6.45, 7) is 6.06. The average molecular weight is 400 g/mol. The van der Waals surface area contributed by atoms with Crippen molar-refractivity contribution in [3.8, 4) is 22.6 Å². The van der Waals surface area contributed by atoms with E-state index in [2.05, 4.69) is 13.0 Å². The molecule has 0 radical (unpaired) electrons. The second-order valence-corrected chi connectivity index (χ2v) is 7.23. The summed E-state index contributed by atoms with van der Waals surface area (Å²) in [5, 5.41) is 40.8. The van der Waals surface area contributed by atoms with Crippen LogP contribution in [0.15, 0.2) is 60.5 Å². The minimum Gasteiger partial charge on any atom is -0.504 e. The Morgan fingerprint density at radius 1 is 0.767 bits per heavy atom. The molecule has 0 saturated heterocycles. The van der Waals surface area contributed by atoms with Gasteiger partial charge in [0.05, 0.1) is 5.57 Å². The van der Waals surface area contributed by atoms with Crippen molar-refractivity contribution in [3.05, 3.63) is 88.4 Å². The molecule has 152 valence electrons. The van der Waals surface area contributed by atoms with Gasteiger partial charge in [-0.3, -0.25) is 0 Å². The lowest BCUT2D eigenvalue weighted by atomic mass is 9.88. The SMILES string of the molecule is CC.Cc1cccc2c1CC1=C2C(=C(O)O)c2c1cccc2-c1cccc(O)c1O. The molecule has 4 heteroatoms. The molecule has 3 aromatic rings. The van der Waals surface area contributed by atoms with Crippen molar-refractivity contribution in [3.63, 3.8) is 0 Å². The van der Waals surface area contributed by atoms with Crippen molar-refractivity contribution < 1.29 is 20.4 Å². The summed E-state index contributed by atoms with van der Waals surface area (Å²) in [4.78, 5) is 0. The predicted octanol–water partition coefficient (Wildman–Crippen LogP) is 6.36. The van der Waals surface area contributed by atoms with Gasteiger partial charge in [0.15, 0.2) is 11.5 Å². The van der Waals surface area contributed by atoms with Gasteiger partial charge in [-0.2, -0.15) is 0 Å². The summed E-state index contributed by atoms with van der Waals surface area (Å²) < 4.78 is 0. The Morgan fingerprint density at radius 3 is 2.10 bits per heavy atom. The van der Waals surface area contributed by atoms with Crippen LogP contribution in [0.4, 0.5) is 0 Å². The van der Waals surface area contributed by atoms with Gasteiger partial charge in [0, 0.05) is 16.7 Å². The fourth-order valence-electron chi connectivity index (χ4n) is 4.51. The second kappa shape index (κ2) is 7.30. The Kier molecular flexibility index (Phi) is 4.78. The zero-order chi connectivity index (χ0) is 21.6. The Hall–Kier alpha value is -3.66. The number of rotatable bonds is 1. The maximum Gasteiger partial charge on any atom is 0.283 e. The van der Waals surface area contributed by atoms with Crippen molar-refractivity contribution >= 4 is 16.7 Å². The number of fused-ring (bicyclic) bond motifs is 4. The van der Waals surface area contributed by atoms with Crippen LogP contribution >= 0.6 is 0 Å². The van der Waals surface area contributed by atoms with Crippen LogP contribution in [0.3, 0.4) is 0 Å². The second-order valence-electron chi connectivity index (χ2n) is 7.23. The predicted molar refractivity (Wildman–Crippen MR) is 120 cm³/mol. The molecule has 5 rings (SSSR count). The molecule has 0 amide bonds. The third-order valence-corrected chi connectivity index (χ3v) is 5.75. The molecule has 0 atom stereocenters. The summed E-state index contributed by atoms with van der Waals surface area (Å²) in [5.41, 5.74) is 8.31. The number of phenolic OH excluding ortho intramolecular Hbond substituents is 2. The highest BCUT2D eigenvalue weighted by molar-refractivity contribution is 6.26. The Bertz CT molecular complexity index is 1230. The van der Waals surface area contributed by atoms with Crippen molar-refractivity contribution in [1.82, 2.24) is 0 Å². The molecule has 3 aromatic carbocycles. The van der Waals surface area contributed by atoms with Gasteiger partial charge in [-0.05, 0) is 52.8 Å². The van der Waals surface area contributed by atoms with Gasteiger partial charge in [0.1, 0.15) is 0 Å². The van der Waals surface area contributed by atoms with Gasteiger partial charge in [-0.1, -0.05) is 62.4 Å². The van der Waals surface area contributed by atoms with Gasteiger partial charge < -0.3 is 20.4 Å². The summed E-state index contributed by atoms with van der Waals surface area (Å²) in [6.07, 6.45) is 0.719. The van der Waals surface area contributed by atoms with Gasteiger partial charge in [0.25, 0.3) is 5.95 Å². The number of aliphatic hydroxyl groups is 2. The molecule has 0 spiro atoms. The minimum absolute atomic E-state index is 0.215. The molecule has 30 heavy (non-hydrogen) atoms. The molecule has 0 aliphatic heterocycles. The molecular weight excluding hydrogens is 376 g/mol. The van der Waals surface area contributed by atoms with E-state index in [9.17, 15) is 20.4 Å². The zero-order valence-corrected chi connectivity index (χ0v) is 17.2. The highest BCUT2D eigenvalue weighted by Crippen LogP contribution is 2.56. The quantitative estimate of drug-likeness (QED) is 0.283. The Morgan fingerprint density at radius 2 is 1.37 bits per heavy atom. The van der Waals surface area contributed by atoms with E-state index in [0.717, 1.165) is 28.7 Å². The lowest BCUT2D eigenvalue weighted by Crippen LogP contribution is -1.98. The lowest BCUT2D eigenvalue weighted by Gasteiger charge is -2.16. The molecule has 0 bridgehead atoms. The highest BCUT2D eigenvalue weighted by Gasteiger charge is 2.38. The number of hydrogen-bond donors (Lipinski definition) is 4. The van der Waals surface area contributed by atoms with E-state index in [4.69, 9.17) is 0 Å². The Labute approximate surface area is 175 Å². The molecule has 0 fully saturated rings. The average Bonchev–Trinajstić information content (AvgIpc) is 3.27. The molecule has 4 N–H and O–H groups in total. The summed E-state index contributed by atoms with van der Waals surface area (Å²) in [5.74, 6) is -1.18. The molecule has 4 nitrogen and oxygen atoms in total. The van der Waals surface area contributed by atoms with Gasteiger partial charge >= 0.3 is 0 Å². The largest absolute Gasteiger partial charge is 0.504 e. The van der Waals surface area contributed by atoms with E-state index >= 15 is 0 Å². The molecule has 2 aliphatic carbocycles. The third kappa shape index (κ3) is 2.68. The molecule has 0 heterocycles. The molecule has 0 unspecified atom stereocenters. The van der Waals surface area contributed by atoms with E-state index in [1.165, 1.54) is 17.2 Å². The summed E-state index contributed by atoms with van der Waals surface area (Å²) in [6, 6.07) is 16.5. The summed E-state index contributed by atoms with van der Waals surface area (Å²) in [7, 11) is 0. The number of phenols is 2. The van der Waals surface area contributed by atoms with Crippen molar-refractivity contribution in [2.75, 3.05) is 0 Å². The highest BCUT2D eigenvalue weighted by atomic mass is 16.5. The number of allylic oxidation sites excluding steroid dienone is 3. The first-order valence-electron chi connectivity index (χ1n) is 10.1. The van der Waals surface area contributed by atoms with Crippen LogP contribution in [-0.4, -0.2) is 20.4 Å². The van der Waals surface area contributed by atoms with Crippen LogP contribution in [0.25, 0.3) is 27.8 Å². The number of benzene rings is 3. The van der Waals surface area contributed by atoms with Crippen molar-refractivity contribution in [2.45, 2.75) is 27.2 Å². The molecule has 2 aliphatic rings. The first-order valence-corrected chi connectivity index (χ1v) is 10.1. The van der Waals surface area contributed by atoms with Crippen LogP contribution in [0, 0.1) is 6.92 Å². The van der Waals surface area contributed by atoms with Crippen molar-refractivity contribution in [2.24, 2.45) is 0 Å². The molecule has 0 aromatic heterocycles. The first-order chi connectivity index (χ1) is 14.5. The molecular formula is C26H24O4. The van der Waals surface area contributed by atoms with E-state index < -0.39 is 5.95 Å². The zero-order valence-electron chi connectivity index (χ0n) is 17.2. The van der Waals surface area contributed by atoms with E-state index in [0.29, 0.717) is 22.3 Å². The maximum absolute atomic E-state index is 10.4. The topological polar surface area (TPSA) is 80.9 Å².